The van der Waals surface area contributed by atoms with E-state index >= 15 is 0 Å². The highest BCUT2D eigenvalue weighted by Crippen LogP contribution is 2.35. The third-order valence-corrected chi connectivity index (χ3v) is 5.71. The maximum atomic E-state index is 6.05. The van der Waals surface area contributed by atoms with Gasteiger partial charge in [0.15, 0.2) is 0 Å². The first-order valence-electron chi connectivity index (χ1n) is 9.98. The largest absolute Gasteiger partial charge is 0.266 e. The van der Waals surface area contributed by atoms with Crippen molar-refractivity contribution in [3.8, 4) is 0 Å². The summed E-state index contributed by atoms with van der Waals surface area (Å²) in [5, 5.41) is 15.3. The lowest BCUT2D eigenvalue weighted by atomic mass is 9.92. The maximum absolute atomic E-state index is 6.05. The predicted molar refractivity (Wildman–Crippen MR) is 127 cm³/mol. The Morgan fingerprint density at radius 1 is 0.793 bits per heavy atom. The molecule has 0 aromatic heterocycles. The molecule has 29 heavy (non-hydrogen) atoms. The van der Waals surface area contributed by atoms with Crippen molar-refractivity contribution in [3.63, 3.8) is 0 Å². The van der Waals surface area contributed by atoms with Crippen LogP contribution >= 0.6 is 11.6 Å². The first kappa shape index (κ1) is 18.0. The first-order chi connectivity index (χ1) is 14.2. The van der Waals surface area contributed by atoms with E-state index < -0.39 is 0 Å². The molecule has 0 amide bonds. The number of halogens is 1. The second-order valence-electron chi connectivity index (χ2n) is 7.35. The van der Waals surface area contributed by atoms with Gasteiger partial charge in [-0.1, -0.05) is 73.1 Å². The zero-order chi connectivity index (χ0) is 19.8. The Balaban J connectivity index is 1.63. The third kappa shape index (κ3) is 3.20. The molecule has 5 aromatic rings. The Labute approximate surface area is 175 Å². The van der Waals surface area contributed by atoms with Gasteiger partial charge in [0.05, 0.1) is 11.9 Å². The van der Waals surface area contributed by atoms with E-state index in [0.717, 1.165) is 29.2 Å². The summed E-state index contributed by atoms with van der Waals surface area (Å²) >= 11 is 6.05. The highest BCUT2D eigenvalue weighted by atomic mass is 35.5. The number of hydrazone groups is 1. The third-order valence-electron chi connectivity index (χ3n) is 5.46. The van der Waals surface area contributed by atoms with Gasteiger partial charge in [-0.25, -0.2) is 0 Å². The molecule has 0 saturated carbocycles. The van der Waals surface area contributed by atoms with Crippen molar-refractivity contribution in [2.24, 2.45) is 5.10 Å². The average Bonchev–Trinajstić information content (AvgIpc) is 2.76. The molecule has 0 unspecified atom stereocenters. The summed E-state index contributed by atoms with van der Waals surface area (Å²) in [5.74, 6) is 0. The van der Waals surface area contributed by atoms with Gasteiger partial charge in [-0.15, -0.1) is 0 Å². The highest BCUT2D eigenvalue weighted by Gasteiger charge is 2.10. The van der Waals surface area contributed by atoms with Crippen molar-refractivity contribution < 1.29 is 0 Å². The molecule has 0 aliphatic rings. The van der Waals surface area contributed by atoms with E-state index in [2.05, 4.69) is 61.5 Å². The molecule has 0 N–H and O–H groups in total. The van der Waals surface area contributed by atoms with Gasteiger partial charge in [-0.3, -0.25) is 5.01 Å². The van der Waals surface area contributed by atoms with Gasteiger partial charge in [0, 0.05) is 17.1 Å². The van der Waals surface area contributed by atoms with E-state index in [-0.39, 0.29) is 0 Å². The molecule has 0 saturated heterocycles. The summed E-state index contributed by atoms with van der Waals surface area (Å²) in [5.41, 5.74) is 2.18. The molecule has 5 rings (SSSR count). The van der Waals surface area contributed by atoms with E-state index in [1.165, 1.54) is 32.3 Å². The zero-order valence-electron chi connectivity index (χ0n) is 16.3. The molecule has 0 spiro atoms. The van der Waals surface area contributed by atoms with Crippen LogP contribution in [0.25, 0.3) is 32.3 Å². The minimum atomic E-state index is 0.737. The highest BCUT2D eigenvalue weighted by molar-refractivity contribution is 6.30. The summed E-state index contributed by atoms with van der Waals surface area (Å²) in [7, 11) is 0. The van der Waals surface area contributed by atoms with Gasteiger partial charge in [0.1, 0.15) is 0 Å². The fourth-order valence-corrected chi connectivity index (χ4v) is 4.21. The molecule has 0 bridgehead atoms. The van der Waals surface area contributed by atoms with E-state index in [1.54, 1.807) is 0 Å². The topological polar surface area (TPSA) is 15.6 Å². The standard InChI is InChI=1S/C26H21ClN2/c1-2-16-29(23-13-11-22(27)12-14-23)28-17-21-9-8-20-7-6-18-4-3-5-19-10-15-24(21)26(20)25(18)19/h3-15,17H,2,16H2,1H3/b28-17+. The Hall–Kier alpha value is -3.10. The van der Waals surface area contributed by atoms with Crippen LogP contribution in [0, 0.1) is 0 Å². The van der Waals surface area contributed by atoms with Crippen molar-refractivity contribution in [2.75, 3.05) is 11.6 Å². The lowest BCUT2D eigenvalue weighted by Gasteiger charge is -2.18. The van der Waals surface area contributed by atoms with Crippen molar-refractivity contribution in [2.45, 2.75) is 13.3 Å². The quantitative estimate of drug-likeness (QED) is 0.171. The van der Waals surface area contributed by atoms with Crippen LogP contribution in [-0.4, -0.2) is 12.8 Å². The van der Waals surface area contributed by atoms with Gasteiger partial charge in [-0.2, -0.15) is 5.10 Å². The molecule has 5 aromatic carbocycles. The van der Waals surface area contributed by atoms with Gasteiger partial charge in [-0.05, 0) is 63.0 Å². The van der Waals surface area contributed by atoms with Gasteiger partial charge in [0.2, 0.25) is 0 Å². The number of anilines is 1. The smallest absolute Gasteiger partial charge is 0.0594 e. The lowest BCUT2D eigenvalue weighted by molar-refractivity contribution is 0.809. The van der Waals surface area contributed by atoms with Crippen LogP contribution in [-0.2, 0) is 0 Å². The van der Waals surface area contributed by atoms with Crippen LogP contribution in [0.2, 0.25) is 5.02 Å². The number of rotatable bonds is 5. The van der Waals surface area contributed by atoms with Crippen LogP contribution in [0.5, 0.6) is 0 Å². The summed E-state index contributed by atoms with van der Waals surface area (Å²) in [6.45, 7) is 3.01. The monoisotopic (exact) mass is 396 g/mol. The molecule has 0 atom stereocenters. The summed E-state index contributed by atoms with van der Waals surface area (Å²) in [6, 6.07) is 27.6. The average molecular weight is 397 g/mol. The van der Waals surface area contributed by atoms with E-state index in [1.807, 2.05) is 35.5 Å². The molecule has 0 aliphatic carbocycles. The summed E-state index contributed by atoms with van der Waals surface area (Å²) < 4.78 is 0. The Bertz CT molecular complexity index is 1310. The molecular formula is C26H21ClN2. The number of benzene rings is 5. The molecule has 0 fully saturated rings. The van der Waals surface area contributed by atoms with Crippen LogP contribution in [0.15, 0.2) is 84.0 Å². The van der Waals surface area contributed by atoms with Crippen molar-refractivity contribution >= 4 is 55.8 Å². The number of hydrogen-bond acceptors (Lipinski definition) is 2. The van der Waals surface area contributed by atoms with Gasteiger partial charge >= 0.3 is 0 Å². The molecule has 0 heterocycles. The minimum Gasteiger partial charge on any atom is -0.266 e. The van der Waals surface area contributed by atoms with Crippen LogP contribution in [0.1, 0.15) is 18.9 Å². The van der Waals surface area contributed by atoms with Crippen molar-refractivity contribution in [1.29, 1.82) is 0 Å². The van der Waals surface area contributed by atoms with Crippen LogP contribution in [0.3, 0.4) is 0 Å². The summed E-state index contributed by atoms with van der Waals surface area (Å²) in [4.78, 5) is 0. The number of nitrogens with zero attached hydrogens (tertiary/aromatic N) is 2. The van der Waals surface area contributed by atoms with Crippen molar-refractivity contribution in [1.82, 2.24) is 0 Å². The molecule has 142 valence electrons. The van der Waals surface area contributed by atoms with Gasteiger partial charge in [0.25, 0.3) is 0 Å². The zero-order valence-corrected chi connectivity index (χ0v) is 17.0. The SMILES string of the molecule is CCCN(/N=C/c1ccc2ccc3cccc4ccc1c2c34)c1ccc(Cl)cc1. The molecule has 0 aliphatic heterocycles. The fraction of sp³-hybridized carbons (Fsp3) is 0.115. The van der Waals surface area contributed by atoms with Crippen molar-refractivity contribution in [3.05, 3.63) is 89.4 Å². The second kappa shape index (κ2) is 7.38. The van der Waals surface area contributed by atoms with E-state index in [0.29, 0.717) is 0 Å². The Morgan fingerprint density at radius 2 is 1.45 bits per heavy atom. The molecular weight excluding hydrogens is 376 g/mol. The first-order valence-corrected chi connectivity index (χ1v) is 10.4. The molecule has 3 heteroatoms. The summed E-state index contributed by atoms with van der Waals surface area (Å²) in [6.07, 6.45) is 2.99. The van der Waals surface area contributed by atoms with Crippen LogP contribution in [0.4, 0.5) is 5.69 Å². The minimum absolute atomic E-state index is 0.737. The van der Waals surface area contributed by atoms with E-state index in [4.69, 9.17) is 16.7 Å². The molecule has 2 nitrogen and oxygen atoms in total. The Kier molecular flexibility index (Phi) is 4.57. The van der Waals surface area contributed by atoms with Gasteiger partial charge < -0.3 is 0 Å². The predicted octanol–water partition coefficient (Wildman–Crippen LogP) is 7.49. The number of hydrogen-bond donors (Lipinski definition) is 0. The maximum Gasteiger partial charge on any atom is 0.0594 e. The van der Waals surface area contributed by atoms with E-state index in [9.17, 15) is 0 Å². The Morgan fingerprint density at radius 3 is 2.17 bits per heavy atom. The van der Waals surface area contributed by atoms with Crippen LogP contribution < -0.4 is 5.01 Å². The molecule has 0 radical (unpaired) electrons. The fourth-order valence-electron chi connectivity index (χ4n) is 4.08. The normalized spacial score (nSPS) is 11.9. The lowest BCUT2D eigenvalue weighted by Crippen LogP contribution is -2.17. The second-order valence-corrected chi connectivity index (χ2v) is 7.79.